The van der Waals surface area contributed by atoms with Gasteiger partial charge in [-0.1, -0.05) is 30.9 Å². The predicted octanol–water partition coefficient (Wildman–Crippen LogP) is 1.55. The molecular formula is C13H22N2O4S. The molecule has 114 valence electrons. The van der Waals surface area contributed by atoms with Crippen molar-refractivity contribution < 1.29 is 18.0 Å². The Morgan fingerprint density at radius 1 is 1.35 bits per heavy atom. The molecule has 0 aromatic heterocycles. The maximum atomic E-state index is 11.9. The summed E-state index contributed by atoms with van der Waals surface area (Å²) < 4.78 is 30.1. The largest absolute Gasteiger partial charge is 0.497 e. The second-order valence-electron chi connectivity index (χ2n) is 4.90. The third kappa shape index (κ3) is 5.46. The van der Waals surface area contributed by atoms with Crippen LogP contribution in [0.4, 0.5) is 0 Å². The summed E-state index contributed by atoms with van der Waals surface area (Å²) in [7, 11) is -0.596. The summed E-state index contributed by atoms with van der Waals surface area (Å²) in [4.78, 5) is 7.07. The van der Waals surface area contributed by atoms with E-state index in [0.717, 1.165) is 5.56 Å². The minimum atomic E-state index is -3.65. The van der Waals surface area contributed by atoms with Crippen molar-refractivity contribution >= 4 is 10.2 Å². The van der Waals surface area contributed by atoms with Crippen LogP contribution >= 0.6 is 0 Å². The van der Waals surface area contributed by atoms with Crippen molar-refractivity contribution in [2.45, 2.75) is 20.4 Å². The van der Waals surface area contributed by atoms with E-state index in [0.29, 0.717) is 12.4 Å². The first-order valence-electron chi connectivity index (χ1n) is 6.33. The van der Waals surface area contributed by atoms with Crippen molar-refractivity contribution in [3.8, 4) is 5.75 Å². The van der Waals surface area contributed by atoms with E-state index >= 15 is 0 Å². The van der Waals surface area contributed by atoms with E-state index in [1.165, 1.54) is 11.4 Å². The van der Waals surface area contributed by atoms with Crippen molar-refractivity contribution in [3.05, 3.63) is 29.8 Å². The molecule has 7 heteroatoms. The highest BCUT2D eigenvalue weighted by Crippen LogP contribution is 2.14. The molecule has 0 saturated heterocycles. The molecule has 1 N–H and O–H groups in total. The average molecular weight is 302 g/mol. The first-order chi connectivity index (χ1) is 9.35. The average Bonchev–Trinajstić information content (AvgIpc) is 2.38. The second kappa shape index (κ2) is 7.58. The van der Waals surface area contributed by atoms with E-state index < -0.39 is 10.2 Å². The summed E-state index contributed by atoms with van der Waals surface area (Å²) in [5.74, 6) is 0.943. The normalized spacial score (nSPS) is 12.1. The van der Waals surface area contributed by atoms with Gasteiger partial charge in [0, 0.05) is 13.6 Å². The minimum Gasteiger partial charge on any atom is -0.497 e. The van der Waals surface area contributed by atoms with Crippen LogP contribution in [-0.4, -0.2) is 33.5 Å². The first-order valence-corrected chi connectivity index (χ1v) is 7.77. The molecule has 0 aliphatic rings. The van der Waals surface area contributed by atoms with Gasteiger partial charge in [-0.25, -0.2) is 0 Å². The van der Waals surface area contributed by atoms with Crippen molar-refractivity contribution in [3.63, 3.8) is 0 Å². The number of nitrogens with zero attached hydrogens (tertiary/aromatic N) is 1. The summed E-state index contributed by atoms with van der Waals surface area (Å²) in [6.45, 7) is 4.44. The molecule has 0 atom stereocenters. The predicted molar refractivity (Wildman–Crippen MR) is 77.3 cm³/mol. The van der Waals surface area contributed by atoms with Crippen LogP contribution in [0.5, 0.6) is 5.75 Å². The lowest BCUT2D eigenvalue weighted by Crippen LogP contribution is -2.38. The molecule has 1 aromatic carbocycles. The van der Waals surface area contributed by atoms with Crippen molar-refractivity contribution in [1.82, 2.24) is 9.19 Å². The summed E-state index contributed by atoms with van der Waals surface area (Å²) in [6, 6.07) is 7.25. The summed E-state index contributed by atoms with van der Waals surface area (Å²) >= 11 is 0. The topological polar surface area (TPSA) is 67.9 Å². The molecular weight excluding hydrogens is 280 g/mol. The monoisotopic (exact) mass is 302 g/mol. The Morgan fingerprint density at radius 2 is 2.05 bits per heavy atom. The number of benzene rings is 1. The number of hydrogen-bond acceptors (Lipinski definition) is 4. The quantitative estimate of drug-likeness (QED) is 0.740. The second-order valence-corrected chi connectivity index (χ2v) is 6.64. The fourth-order valence-corrected chi connectivity index (χ4v) is 2.11. The van der Waals surface area contributed by atoms with Gasteiger partial charge in [-0.15, -0.1) is 0 Å². The zero-order chi connectivity index (χ0) is 15.2. The van der Waals surface area contributed by atoms with E-state index in [2.05, 4.69) is 4.89 Å². The molecule has 1 rings (SSSR count). The Morgan fingerprint density at radius 3 is 2.65 bits per heavy atom. The Kier molecular flexibility index (Phi) is 6.41. The molecule has 0 spiro atoms. The lowest BCUT2D eigenvalue weighted by molar-refractivity contribution is 0.0679. The smallest absolute Gasteiger partial charge is 0.301 e. The molecule has 0 radical (unpaired) electrons. The zero-order valence-corrected chi connectivity index (χ0v) is 13.1. The van der Waals surface area contributed by atoms with Crippen LogP contribution in [0.2, 0.25) is 0 Å². The number of methoxy groups -OCH3 is 1. The van der Waals surface area contributed by atoms with E-state index in [1.54, 1.807) is 13.2 Å². The van der Waals surface area contributed by atoms with Crippen molar-refractivity contribution in [2.75, 3.05) is 20.8 Å². The van der Waals surface area contributed by atoms with Gasteiger partial charge in [0.05, 0.1) is 13.7 Å². The highest BCUT2D eigenvalue weighted by Gasteiger charge is 2.18. The third-order valence-corrected chi connectivity index (χ3v) is 3.81. The van der Waals surface area contributed by atoms with Gasteiger partial charge in [-0.3, -0.25) is 4.84 Å². The highest BCUT2D eigenvalue weighted by atomic mass is 32.2. The molecule has 20 heavy (non-hydrogen) atoms. The number of hydrogen-bond donors (Lipinski definition) is 1. The SMILES string of the molecule is COc1cccc(CN(C)S(=O)(=O)NOCC(C)C)c1. The van der Waals surface area contributed by atoms with E-state index in [-0.39, 0.29) is 12.5 Å². The lowest BCUT2D eigenvalue weighted by atomic mass is 10.2. The van der Waals surface area contributed by atoms with Gasteiger partial charge in [-0.05, 0) is 23.6 Å². The van der Waals surface area contributed by atoms with E-state index in [4.69, 9.17) is 9.57 Å². The first kappa shape index (κ1) is 16.9. The third-order valence-electron chi connectivity index (χ3n) is 2.53. The molecule has 6 nitrogen and oxygen atoms in total. The molecule has 0 aliphatic heterocycles. The molecule has 0 fully saturated rings. The van der Waals surface area contributed by atoms with Crippen LogP contribution in [0, 0.1) is 5.92 Å². The number of rotatable bonds is 8. The highest BCUT2D eigenvalue weighted by molar-refractivity contribution is 7.86. The lowest BCUT2D eigenvalue weighted by Gasteiger charge is -2.18. The summed E-state index contributed by atoms with van der Waals surface area (Å²) in [5.41, 5.74) is 0.834. The van der Waals surface area contributed by atoms with Gasteiger partial charge < -0.3 is 4.74 Å². The molecule has 0 heterocycles. The van der Waals surface area contributed by atoms with Crippen LogP contribution in [0.25, 0.3) is 0 Å². The molecule has 0 unspecified atom stereocenters. The maximum Gasteiger partial charge on any atom is 0.301 e. The summed E-state index contributed by atoms with van der Waals surface area (Å²) in [5, 5.41) is 0. The van der Waals surface area contributed by atoms with Gasteiger partial charge >= 0.3 is 10.2 Å². The fourth-order valence-electron chi connectivity index (χ4n) is 1.45. The van der Waals surface area contributed by atoms with Gasteiger partial charge in [0.15, 0.2) is 0 Å². The van der Waals surface area contributed by atoms with Crippen LogP contribution in [-0.2, 0) is 21.6 Å². The van der Waals surface area contributed by atoms with Gasteiger partial charge in [0.1, 0.15) is 5.75 Å². The molecule has 0 amide bonds. The Labute approximate surface area is 120 Å². The Hall–Kier alpha value is -1.15. The minimum absolute atomic E-state index is 0.234. The van der Waals surface area contributed by atoms with Crippen LogP contribution in [0.3, 0.4) is 0 Å². The Bertz CT molecular complexity index is 517. The maximum absolute atomic E-state index is 11.9. The van der Waals surface area contributed by atoms with Crippen LogP contribution in [0.15, 0.2) is 24.3 Å². The number of ether oxygens (including phenoxy) is 1. The van der Waals surface area contributed by atoms with E-state index in [9.17, 15) is 8.42 Å². The number of nitrogens with one attached hydrogen (secondary N) is 1. The molecule has 0 aliphatic carbocycles. The van der Waals surface area contributed by atoms with Gasteiger partial charge in [0.2, 0.25) is 0 Å². The van der Waals surface area contributed by atoms with Crippen molar-refractivity contribution in [2.24, 2.45) is 5.92 Å². The Balaban J connectivity index is 2.61. The standard InChI is InChI=1S/C13H22N2O4S/c1-11(2)10-19-14-20(16,17)15(3)9-12-6-5-7-13(8-12)18-4/h5-8,11,14H,9-10H2,1-4H3. The molecule has 0 bridgehead atoms. The summed E-state index contributed by atoms with van der Waals surface area (Å²) in [6.07, 6.45) is 0. The zero-order valence-electron chi connectivity index (χ0n) is 12.3. The van der Waals surface area contributed by atoms with E-state index in [1.807, 2.05) is 32.0 Å². The molecule has 1 aromatic rings. The fraction of sp³-hybridized carbons (Fsp3) is 0.538. The van der Waals surface area contributed by atoms with Crippen LogP contribution in [0.1, 0.15) is 19.4 Å². The molecule has 0 saturated carbocycles. The van der Waals surface area contributed by atoms with Crippen molar-refractivity contribution in [1.29, 1.82) is 0 Å². The van der Waals surface area contributed by atoms with Crippen LogP contribution < -0.4 is 9.62 Å². The van der Waals surface area contributed by atoms with Gasteiger partial charge in [-0.2, -0.15) is 12.7 Å². The van der Waals surface area contributed by atoms with Gasteiger partial charge in [0.25, 0.3) is 0 Å².